The average molecular weight is 300 g/mol. The van der Waals surface area contributed by atoms with Gasteiger partial charge in [-0.15, -0.1) is 0 Å². The largest absolute Gasteiger partial charge is 0.399 e. The van der Waals surface area contributed by atoms with Crippen molar-refractivity contribution in [3.8, 4) is 0 Å². The Kier molecular flexibility index (Phi) is 3.81. The molecule has 0 saturated heterocycles. The van der Waals surface area contributed by atoms with E-state index in [0.717, 1.165) is 11.1 Å². The number of carbonyl (C=O) groups is 1. The molecule has 7 nitrogen and oxygen atoms in total. The van der Waals surface area contributed by atoms with E-state index in [-0.39, 0.29) is 5.71 Å². The van der Waals surface area contributed by atoms with Gasteiger partial charge in [0.05, 0.1) is 10.6 Å². The number of hydrogen-bond acceptors (Lipinski definition) is 6. The highest BCUT2D eigenvalue weighted by molar-refractivity contribution is 6.23. The summed E-state index contributed by atoms with van der Waals surface area (Å²) in [7, 11) is 0. The summed E-state index contributed by atoms with van der Waals surface area (Å²) in [6.45, 7) is 5.22. The van der Waals surface area contributed by atoms with Gasteiger partial charge >= 0.3 is 5.70 Å². The van der Waals surface area contributed by atoms with Gasteiger partial charge in [0.25, 0.3) is 0 Å². The standard InChI is InChI=1S/C15H16N4O3/c1-7-5-11(8(2)4-10(7)16)18-14-9(3)6-12(20)13(17)15(14)19(21)22/h4-6H,16-17H2,1-3H3. The first kappa shape index (κ1) is 15.4. The predicted molar refractivity (Wildman–Crippen MR) is 84.4 cm³/mol. The van der Waals surface area contributed by atoms with Crippen molar-refractivity contribution >= 4 is 22.9 Å². The second-order valence-electron chi connectivity index (χ2n) is 5.17. The van der Waals surface area contributed by atoms with Crippen LogP contribution < -0.4 is 11.5 Å². The third-order valence-corrected chi connectivity index (χ3v) is 3.47. The lowest BCUT2D eigenvalue weighted by molar-refractivity contribution is -0.416. The number of anilines is 1. The van der Waals surface area contributed by atoms with Crippen LogP contribution in [0.1, 0.15) is 18.1 Å². The summed E-state index contributed by atoms with van der Waals surface area (Å²) >= 11 is 0. The van der Waals surface area contributed by atoms with Crippen molar-refractivity contribution < 1.29 is 9.72 Å². The summed E-state index contributed by atoms with van der Waals surface area (Å²) in [5, 5.41) is 11.2. The van der Waals surface area contributed by atoms with E-state index < -0.39 is 22.1 Å². The molecule has 0 unspecified atom stereocenters. The van der Waals surface area contributed by atoms with Crippen molar-refractivity contribution in [2.75, 3.05) is 5.73 Å². The van der Waals surface area contributed by atoms with Crippen LogP contribution in [0.25, 0.3) is 0 Å². The van der Waals surface area contributed by atoms with E-state index in [4.69, 9.17) is 11.5 Å². The number of benzene rings is 1. The number of aryl methyl sites for hydroxylation is 2. The molecule has 0 fully saturated rings. The molecule has 1 aromatic rings. The number of nitrogen functional groups attached to an aromatic ring is 1. The van der Waals surface area contributed by atoms with Crippen LogP contribution in [0.3, 0.4) is 0 Å². The number of nitro groups is 1. The van der Waals surface area contributed by atoms with E-state index in [9.17, 15) is 14.9 Å². The van der Waals surface area contributed by atoms with E-state index in [2.05, 4.69) is 4.99 Å². The van der Waals surface area contributed by atoms with Crippen LogP contribution in [0, 0.1) is 24.0 Å². The Morgan fingerprint density at radius 2 is 1.77 bits per heavy atom. The summed E-state index contributed by atoms with van der Waals surface area (Å²) in [6.07, 6.45) is 1.25. The van der Waals surface area contributed by atoms with E-state index >= 15 is 0 Å². The molecule has 0 spiro atoms. The summed E-state index contributed by atoms with van der Waals surface area (Å²) in [5.41, 5.74) is 13.8. The maximum Gasteiger partial charge on any atom is 0.321 e. The van der Waals surface area contributed by atoms with Crippen molar-refractivity contribution in [2.45, 2.75) is 20.8 Å². The fraction of sp³-hybridized carbons (Fsp3) is 0.200. The van der Waals surface area contributed by atoms with Gasteiger partial charge in [-0.05, 0) is 55.7 Å². The van der Waals surface area contributed by atoms with E-state index in [1.165, 1.54) is 6.08 Å². The molecule has 0 heterocycles. The third-order valence-electron chi connectivity index (χ3n) is 3.47. The SMILES string of the molecule is CC1=CC(=O)C(N)=C([N+](=O)[O-])C1=Nc1cc(C)c(N)cc1C. The first-order chi connectivity index (χ1) is 10.2. The van der Waals surface area contributed by atoms with Crippen LogP contribution in [-0.2, 0) is 4.79 Å². The number of carbonyl (C=O) groups excluding carboxylic acids is 1. The van der Waals surface area contributed by atoms with Gasteiger partial charge in [-0.2, -0.15) is 0 Å². The second kappa shape index (κ2) is 5.44. The van der Waals surface area contributed by atoms with Crippen LogP contribution in [0.4, 0.5) is 11.4 Å². The number of ketones is 1. The molecule has 0 radical (unpaired) electrons. The molecule has 4 N–H and O–H groups in total. The van der Waals surface area contributed by atoms with Gasteiger partial charge in [0.15, 0.2) is 5.70 Å². The molecule has 0 atom stereocenters. The van der Waals surface area contributed by atoms with E-state index in [0.29, 0.717) is 16.9 Å². The number of aliphatic imine (C=N–C) groups is 1. The molecule has 0 saturated carbocycles. The van der Waals surface area contributed by atoms with Gasteiger partial charge in [0, 0.05) is 5.69 Å². The normalized spacial score (nSPS) is 17.0. The summed E-state index contributed by atoms with van der Waals surface area (Å²) in [5.74, 6) is -0.576. The number of nitrogens with zero attached hydrogens (tertiary/aromatic N) is 2. The second-order valence-corrected chi connectivity index (χ2v) is 5.17. The molecule has 1 aliphatic carbocycles. The predicted octanol–water partition coefficient (Wildman–Crippen LogP) is 1.93. The monoisotopic (exact) mass is 300 g/mol. The Morgan fingerprint density at radius 1 is 1.14 bits per heavy atom. The summed E-state index contributed by atoms with van der Waals surface area (Å²) < 4.78 is 0. The Hall–Kier alpha value is -2.96. The van der Waals surface area contributed by atoms with Crippen LogP contribution in [0.2, 0.25) is 0 Å². The maximum absolute atomic E-state index is 11.6. The molecular formula is C15H16N4O3. The lowest BCUT2D eigenvalue weighted by Gasteiger charge is -2.13. The van der Waals surface area contributed by atoms with Crippen LogP contribution in [0.5, 0.6) is 0 Å². The van der Waals surface area contributed by atoms with Crippen molar-refractivity contribution in [1.82, 2.24) is 0 Å². The number of allylic oxidation sites excluding steroid dienone is 2. The molecule has 0 aliphatic heterocycles. The zero-order valence-corrected chi connectivity index (χ0v) is 12.5. The fourth-order valence-electron chi connectivity index (χ4n) is 2.16. The molecule has 2 rings (SSSR count). The fourth-order valence-corrected chi connectivity index (χ4v) is 2.16. The van der Waals surface area contributed by atoms with Crippen molar-refractivity contribution in [2.24, 2.45) is 10.7 Å². The highest BCUT2D eigenvalue weighted by Gasteiger charge is 2.32. The van der Waals surface area contributed by atoms with E-state index in [1.807, 2.05) is 6.92 Å². The molecule has 0 amide bonds. The Balaban J connectivity index is 2.68. The molecule has 22 heavy (non-hydrogen) atoms. The van der Waals surface area contributed by atoms with Crippen molar-refractivity contribution in [1.29, 1.82) is 0 Å². The van der Waals surface area contributed by atoms with Crippen LogP contribution in [0.15, 0.2) is 40.2 Å². The molecule has 7 heteroatoms. The first-order valence-electron chi connectivity index (χ1n) is 6.55. The van der Waals surface area contributed by atoms with Crippen molar-refractivity contribution in [3.05, 3.63) is 56.4 Å². The number of rotatable bonds is 2. The van der Waals surface area contributed by atoms with Crippen molar-refractivity contribution in [3.63, 3.8) is 0 Å². The zero-order chi connectivity index (χ0) is 16.6. The summed E-state index contributed by atoms with van der Waals surface area (Å²) in [4.78, 5) is 26.6. The molecule has 114 valence electrons. The first-order valence-corrected chi connectivity index (χ1v) is 6.55. The lowest BCUT2D eigenvalue weighted by Crippen LogP contribution is -2.27. The molecular weight excluding hydrogens is 284 g/mol. The Morgan fingerprint density at radius 3 is 2.36 bits per heavy atom. The summed E-state index contributed by atoms with van der Waals surface area (Å²) in [6, 6.07) is 3.50. The number of nitrogens with two attached hydrogens (primary N) is 2. The van der Waals surface area contributed by atoms with Crippen LogP contribution >= 0.6 is 0 Å². The topological polar surface area (TPSA) is 125 Å². The van der Waals surface area contributed by atoms with Gasteiger partial charge in [0.1, 0.15) is 5.71 Å². The minimum absolute atomic E-state index is 0.0920. The van der Waals surface area contributed by atoms with Gasteiger partial charge in [-0.3, -0.25) is 14.9 Å². The minimum atomic E-state index is -0.679. The van der Waals surface area contributed by atoms with Gasteiger partial charge in [0.2, 0.25) is 5.78 Å². The van der Waals surface area contributed by atoms with Gasteiger partial charge in [-0.25, -0.2) is 4.99 Å². The lowest BCUT2D eigenvalue weighted by atomic mass is 9.98. The quantitative estimate of drug-likeness (QED) is 0.373. The zero-order valence-electron chi connectivity index (χ0n) is 12.5. The van der Waals surface area contributed by atoms with E-state index in [1.54, 1.807) is 26.0 Å². The third kappa shape index (κ3) is 2.60. The highest BCUT2D eigenvalue weighted by Crippen LogP contribution is 2.28. The minimum Gasteiger partial charge on any atom is -0.399 e. The molecule has 1 aliphatic rings. The maximum atomic E-state index is 11.6. The van der Waals surface area contributed by atoms with Gasteiger partial charge in [-0.1, -0.05) is 0 Å². The highest BCUT2D eigenvalue weighted by atomic mass is 16.6. The molecule has 1 aromatic carbocycles. The molecule has 0 aromatic heterocycles. The Labute approximate surface area is 127 Å². The Bertz CT molecular complexity index is 788. The number of hydrogen-bond donors (Lipinski definition) is 2. The molecule has 0 bridgehead atoms. The average Bonchev–Trinajstić information content (AvgIpc) is 2.41. The van der Waals surface area contributed by atoms with Gasteiger partial charge < -0.3 is 11.5 Å². The smallest absolute Gasteiger partial charge is 0.321 e. The van der Waals surface area contributed by atoms with Crippen LogP contribution in [-0.4, -0.2) is 16.4 Å².